The molecular weight excluding hydrogens is 483 g/mol. The molecule has 2 aromatic rings. The van der Waals surface area contributed by atoms with Crippen LogP contribution in [0.1, 0.15) is 18.4 Å². The normalized spacial score (nSPS) is 26.1. The molecule has 2 aliphatic heterocycles. The summed E-state index contributed by atoms with van der Waals surface area (Å²) < 4.78 is 78.6. The van der Waals surface area contributed by atoms with Crippen molar-refractivity contribution in [2.45, 2.75) is 42.5 Å². The zero-order valence-electron chi connectivity index (χ0n) is 19.1. The third-order valence-corrected chi connectivity index (χ3v) is 8.89. The second-order valence-electron chi connectivity index (χ2n) is 9.30. The van der Waals surface area contributed by atoms with E-state index in [-0.39, 0.29) is 43.5 Å². The first-order chi connectivity index (χ1) is 16.6. The molecule has 188 valence electrons. The Labute approximate surface area is 201 Å². The number of hydrogen-bond acceptors (Lipinski definition) is 4. The fraction of sp³-hybridized carbons (Fsp3) is 0.458. The van der Waals surface area contributed by atoms with Crippen LogP contribution in [0, 0.1) is 5.82 Å². The molecule has 2 heterocycles. The highest BCUT2D eigenvalue weighted by Gasteiger charge is 2.58. The van der Waals surface area contributed by atoms with Crippen molar-refractivity contribution in [2.24, 2.45) is 0 Å². The summed E-state index contributed by atoms with van der Waals surface area (Å²) in [7, 11) is -2.95. The average molecular weight is 510 g/mol. The van der Waals surface area contributed by atoms with E-state index in [1.807, 2.05) is 0 Å². The van der Waals surface area contributed by atoms with E-state index in [0.29, 0.717) is 11.3 Å². The number of hydrogen-bond donors (Lipinski definition) is 1. The number of alkyl halides is 2. The predicted molar refractivity (Wildman–Crippen MR) is 123 cm³/mol. The number of likely N-dealkylation sites (N-methyl/N-ethyl adjacent to an activating group) is 1. The number of benzene rings is 2. The van der Waals surface area contributed by atoms with Crippen molar-refractivity contribution in [3.05, 3.63) is 53.8 Å². The van der Waals surface area contributed by atoms with Gasteiger partial charge in [0.15, 0.2) is 0 Å². The van der Waals surface area contributed by atoms with Crippen LogP contribution in [0.2, 0.25) is 0 Å². The quantitative estimate of drug-likeness (QED) is 0.689. The first-order valence-corrected chi connectivity index (χ1v) is 13.0. The SMILES string of the molecule is CN1CCOc2ccccc2-c2cccc(c2F)CC2C(NS(=O)(=O)C3(F)CC3)C(F)CN2C1=O. The topological polar surface area (TPSA) is 79.0 Å². The summed E-state index contributed by atoms with van der Waals surface area (Å²) in [6, 6.07) is 8.69. The molecule has 1 aliphatic carbocycles. The summed E-state index contributed by atoms with van der Waals surface area (Å²) >= 11 is 0. The molecule has 1 saturated carbocycles. The molecule has 2 fully saturated rings. The van der Waals surface area contributed by atoms with Gasteiger partial charge in [-0.05, 0) is 18.1 Å². The maximum absolute atomic E-state index is 15.8. The molecule has 3 unspecified atom stereocenters. The van der Waals surface area contributed by atoms with E-state index in [1.165, 1.54) is 22.9 Å². The molecule has 11 heteroatoms. The summed E-state index contributed by atoms with van der Waals surface area (Å²) in [6.45, 7) is -0.126. The van der Waals surface area contributed by atoms with Gasteiger partial charge in [-0.2, -0.15) is 0 Å². The summed E-state index contributed by atoms with van der Waals surface area (Å²) in [5.41, 5.74) is 0.981. The molecule has 0 spiro atoms. The Kier molecular flexibility index (Phi) is 5.95. The zero-order chi connectivity index (χ0) is 25.0. The minimum atomic E-state index is -4.48. The first-order valence-electron chi connectivity index (χ1n) is 11.5. The molecule has 2 amide bonds. The van der Waals surface area contributed by atoms with Gasteiger partial charge in [0.25, 0.3) is 0 Å². The number of nitrogens with one attached hydrogen (secondary N) is 1. The van der Waals surface area contributed by atoms with Gasteiger partial charge in [0.2, 0.25) is 15.0 Å². The third-order valence-electron chi connectivity index (χ3n) is 6.93. The number of carbonyl (C=O) groups is 1. The Hall–Kier alpha value is -2.79. The van der Waals surface area contributed by atoms with Gasteiger partial charge in [-0.1, -0.05) is 36.4 Å². The van der Waals surface area contributed by atoms with Gasteiger partial charge in [0, 0.05) is 31.0 Å². The highest BCUT2D eigenvalue weighted by atomic mass is 32.2. The Bertz CT molecular complexity index is 1250. The summed E-state index contributed by atoms with van der Waals surface area (Å²) in [5.74, 6) is -0.118. The molecule has 35 heavy (non-hydrogen) atoms. The average Bonchev–Trinajstić information content (AvgIpc) is 3.52. The van der Waals surface area contributed by atoms with Crippen LogP contribution in [0.5, 0.6) is 5.75 Å². The van der Waals surface area contributed by atoms with Crippen molar-refractivity contribution in [2.75, 3.05) is 26.7 Å². The standard InChI is InChI=1S/C24H26F3N3O4S/c1-29-11-12-34-20-8-3-2-6-16(20)17-7-4-5-15(21(17)26)13-19-22(18(25)14-30(19)23(29)31)28-35(32,33)24(27)9-10-24/h2-8,18-19,22,28H,9-14H2,1H3. The highest BCUT2D eigenvalue weighted by Crippen LogP contribution is 2.45. The number of halogens is 3. The van der Waals surface area contributed by atoms with E-state index in [9.17, 15) is 17.6 Å². The minimum Gasteiger partial charge on any atom is -0.491 e. The number of para-hydroxylation sites is 1. The molecule has 7 nitrogen and oxygen atoms in total. The van der Waals surface area contributed by atoms with E-state index in [2.05, 4.69) is 4.72 Å². The van der Waals surface area contributed by atoms with Gasteiger partial charge in [0.05, 0.1) is 25.2 Å². The molecule has 3 aliphatic rings. The smallest absolute Gasteiger partial charge is 0.320 e. The van der Waals surface area contributed by atoms with E-state index < -0.39 is 51.7 Å². The molecule has 1 saturated heterocycles. The largest absolute Gasteiger partial charge is 0.491 e. The molecule has 0 radical (unpaired) electrons. The van der Waals surface area contributed by atoms with Crippen molar-refractivity contribution >= 4 is 16.1 Å². The van der Waals surface area contributed by atoms with Gasteiger partial charge < -0.3 is 14.5 Å². The molecular formula is C24H26F3N3O4S. The van der Waals surface area contributed by atoms with E-state index in [4.69, 9.17) is 4.74 Å². The lowest BCUT2D eigenvalue weighted by molar-refractivity contribution is 0.146. The lowest BCUT2D eigenvalue weighted by Crippen LogP contribution is -2.53. The van der Waals surface area contributed by atoms with Gasteiger partial charge in [-0.3, -0.25) is 0 Å². The second kappa shape index (κ2) is 8.70. The molecule has 1 N–H and O–H groups in total. The number of amides is 2. The molecule has 5 rings (SSSR count). The van der Waals surface area contributed by atoms with Gasteiger partial charge >= 0.3 is 6.03 Å². The number of urea groups is 1. The fourth-order valence-electron chi connectivity index (χ4n) is 4.73. The van der Waals surface area contributed by atoms with Gasteiger partial charge in [-0.15, -0.1) is 0 Å². The predicted octanol–water partition coefficient (Wildman–Crippen LogP) is 3.25. The number of ether oxygens (including phenoxy) is 1. The van der Waals surface area contributed by atoms with Crippen LogP contribution in [-0.4, -0.2) is 74.2 Å². The van der Waals surface area contributed by atoms with E-state index in [1.54, 1.807) is 36.4 Å². The van der Waals surface area contributed by atoms with E-state index >= 15 is 8.78 Å². The van der Waals surface area contributed by atoms with Crippen molar-refractivity contribution in [1.82, 2.24) is 14.5 Å². The molecule has 3 atom stereocenters. The molecule has 0 aromatic heterocycles. The van der Waals surface area contributed by atoms with Crippen molar-refractivity contribution < 1.29 is 31.1 Å². The van der Waals surface area contributed by atoms with Crippen LogP contribution in [0.4, 0.5) is 18.0 Å². The van der Waals surface area contributed by atoms with Crippen LogP contribution in [0.15, 0.2) is 42.5 Å². The lowest BCUT2D eigenvalue weighted by atomic mass is 9.95. The molecule has 2 aromatic carbocycles. The summed E-state index contributed by atoms with van der Waals surface area (Å²) in [4.78, 5) is 15.8. The van der Waals surface area contributed by atoms with Crippen LogP contribution >= 0.6 is 0 Å². The minimum absolute atomic E-state index is 0.110. The monoisotopic (exact) mass is 509 g/mol. The summed E-state index contributed by atoms with van der Waals surface area (Å²) in [5, 5.41) is -2.43. The Morgan fingerprint density at radius 3 is 2.57 bits per heavy atom. The van der Waals surface area contributed by atoms with Crippen LogP contribution in [0.3, 0.4) is 0 Å². The zero-order valence-corrected chi connectivity index (χ0v) is 19.9. The van der Waals surface area contributed by atoms with Crippen LogP contribution in [0.25, 0.3) is 11.1 Å². The number of nitrogens with zero attached hydrogens (tertiary/aromatic N) is 2. The lowest BCUT2D eigenvalue weighted by Gasteiger charge is -2.32. The highest BCUT2D eigenvalue weighted by molar-refractivity contribution is 7.91. The van der Waals surface area contributed by atoms with Gasteiger partial charge in [-0.25, -0.2) is 31.1 Å². The Morgan fingerprint density at radius 1 is 1.11 bits per heavy atom. The second-order valence-corrected chi connectivity index (χ2v) is 11.3. The third kappa shape index (κ3) is 4.24. The number of fused-ring (bicyclic) bond motifs is 5. The fourth-order valence-corrected chi connectivity index (χ4v) is 6.24. The number of sulfonamides is 1. The number of rotatable bonds is 3. The first kappa shape index (κ1) is 23.9. The number of carbonyl (C=O) groups excluding carboxylic acids is 1. The maximum Gasteiger partial charge on any atom is 0.320 e. The maximum atomic E-state index is 15.8. The Morgan fingerprint density at radius 2 is 1.83 bits per heavy atom. The van der Waals surface area contributed by atoms with Crippen LogP contribution < -0.4 is 9.46 Å². The van der Waals surface area contributed by atoms with E-state index in [0.717, 1.165) is 0 Å². The van der Waals surface area contributed by atoms with Crippen molar-refractivity contribution in [1.29, 1.82) is 0 Å². The Balaban J connectivity index is 1.57. The van der Waals surface area contributed by atoms with Crippen LogP contribution in [-0.2, 0) is 16.4 Å². The summed E-state index contributed by atoms with van der Waals surface area (Å²) in [6.07, 6.45) is -2.28. The van der Waals surface area contributed by atoms with Crippen molar-refractivity contribution in [3.63, 3.8) is 0 Å². The van der Waals surface area contributed by atoms with Crippen molar-refractivity contribution in [3.8, 4) is 16.9 Å². The molecule has 2 bridgehead atoms. The van der Waals surface area contributed by atoms with Gasteiger partial charge in [0.1, 0.15) is 24.3 Å².